The Morgan fingerprint density at radius 1 is 0.458 bits per heavy atom. The summed E-state index contributed by atoms with van der Waals surface area (Å²) in [6, 6.07) is 63.9. The van der Waals surface area contributed by atoms with E-state index in [-0.39, 0.29) is 5.41 Å². The van der Waals surface area contributed by atoms with E-state index in [2.05, 4.69) is 200 Å². The second-order valence-electron chi connectivity index (χ2n) is 17.0. The molecule has 0 amide bonds. The van der Waals surface area contributed by atoms with E-state index in [1.807, 2.05) is 0 Å². The topological polar surface area (TPSA) is 9.23 Å². The maximum absolute atomic E-state index is 7.09. The van der Waals surface area contributed by atoms with E-state index < -0.39 is 5.41 Å². The van der Waals surface area contributed by atoms with E-state index in [4.69, 9.17) is 4.74 Å². The highest BCUT2D eigenvalue weighted by Crippen LogP contribution is 2.67. The maximum Gasteiger partial charge on any atom is 0.140 e. The molecule has 0 aromatic heterocycles. The van der Waals surface area contributed by atoms with Crippen LogP contribution in [-0.4, -0.2) is 0 Å². The number of allylic oxidation sites excluding steroid dienone is 8. The van der Waals surface area contributed by atoms with Crippen LogP contribution in [0.25, 0.3) is 49.7 Å². The molecule has 1 aliphatic heterocycles. The first-order valence-electron chi connectivity index (χ1n) is 20.9. The van der Waals surface area contributed by atoms with Crippen LogP contribution in [-0.2, 0) is 10.8 Å². The van der Waals surface area contributed by atoms with Crippen molar-refractivity contribution >= 4 is 16.3 Å². The fraction of sp³-hybridized carbons (Fsp3) is 0.0690. The van der Waals surface area contributed by atoms with E-state index in [1.54, 1.807) is 0 Å². The molecule has 0 bridgehead atoms. The highest BCUT2D eigenvalue weighted by Gasteiger charge is 2.55. The van der Waals surface area contributed by atoms with Gasteiger partial charge in [-0.25, -0.2) is 0 Å². The van der Waals surface area contributed by atoms with Crippen LogP contribution in [0.1, 0.15) is 50.9 Å². The van der Waals surface area contributed by atoms with E-state index in [0.29, 0.717) is 5.92 Å². The molecule has 59 heavy (non-hydrogen) atoms. The van der Waals surface area contributed by atoms with Gasteiger partial charge in [0.15, 0.2) is 0 Å². The van der Waals surface area contributed by atoms with Crippen LogP contribution in [0.4, 0.5) is 0 Å². The van der Waals surface area contributed by atoms with Gasteiger partial charge < -0.3 is 4.74 Å². The first-order chi connectivity index (χ1) is 29.3. The minimum atomic E-state index is -0.548. The highest BCUT2D eigenvalue weighted by molar-refractivity contribution is 6.02. The quantitative estimate of drug-likeness (QED) is 0.162. The molecule has 2 unspecified atom stereocenters. The Morgan fingerprint density at radius 3 is 1.83 bits per heavy atom. The Morgan fingerprint density at radius 2 is 1.05 bits per heavy atom. The van der Waals surface area contributed by atoms with Crippen molar-refractivity contribution in [3.05, 3.63) is 256 Å². The third-order valence-corrected chi connectivity index (χ3v) is 14.5. The van der Waals surface area contributed by atoms with Gasteiger partial charge in [0.2, 0.25) is 0 Å². The number of fused-ring (bicyclic) bond motifs is 22. The van der Waals surface area contributed by atoms with Gasteiger partial charge in [-0.3, -0.25) is 0 Å². The van der Waals surface area contributed by atoms with E-state index in [0.717, 1.165) is 23.3 Å². The molecule has 1 heteroatoms. The smallest absolute Gasteiger partial charge is 0.140 e. The Labute approximate surface area is 343 Å². The molecule has 6 aliphatic rings. The average molecular weight is 749 g/mol. The molecule has 0 fully saturated rings. The van der Waals surface area contributed by atoms with Crippen molar-refractivity contribution in [1.82, 2.24) is 0 Å². The minimum Gasteiger partial charge on any atom is -0.456 e. The van der Waals surface area contributed by atoms with E-state index in [1.165, 1.54) is 100.0 Å². The summed E-state index contributed by atoms with van der Waals surface area (Å²) in [5.41, 5.74) is 21.5. The van der Waals surface area contributed by atoms with Crippen LogP contribution in [0.3, 0.4) is 0 Å². The lowest BCUT2D eigenvalue weighted by Gasteiger charge is -2.40. The molecule has 8 aromatic rings. The predicted octanol–water partition coefficient (Wildman–Crippen LogP) is 14.1. The Balaban J connectivity index is 1.02. The van der Waals surface area contributed by atoms with Crippen molar-refractivity contribution in [1.29, 1.82) is 0 Å². The molecule has 1 heterocycles. The van der Waals surface area contributed by atoms with Gasteiger partial charge in [-0.15, -0.1) is 0 Å². The van der Waals surface area contributed by atoms with E-state index in [9.17, 15) is 0 Å². The zero-order valence-electron chi connectivity index (χ0n) is 32.2. The molecule has 0 N–H and O–H groups in total. The molecule has 8 aromatic carbocycles. The van der Waals surface area contributed by atoms with Crippen LogP contribution >= 0.6 is 0 Å². The largest absolute Gasteiger partial charge is 0.456 e. The standard InChI is InChI=1S/C58H36O/c1-3-15-39-35(13-1)25-29-45-43-19-7-11-23-49(43)58(55(39)45)50-24-12-8-20-44(50)46-33-37(27-30-51(46)58)38-28-32-54-53(34-38)57(52-31-26-36-14-2-4-16-40(36)56(52)59-54)47-21-9-5-17-41(47)42-18-6-10-22-48(42)57/h1-24,26-35H,25H2. The molecule has 0 radical (unpaired) electrons. The van der Waals surface area contributed by atoms with Crippen LogP contribution < -0.4 is 4.74 Å². The van der Waals surface area contributed by atoms with Gasteiger partial charge in [-0.2, -0.15) is 0 Å². The first-order valence-corrected chi connectivity index (χ1v) is 20.9. The van der Waals surface area contributed by atoms with Crippen molar-refractivity contribution in [2.24, 2.45) is 5.92 Å². The molecular formula is C58H36O. The van der Waals surface area contributed by atoms with Gasteiger partial charge in [0.1, 0.15) is 11.5 Å². The van der Waals surface area contributed by atoms with Gasteiger partial charge in [0, 0.05) is 22.4 Å². The fourth-order valence-electron chi connectivity index (χ4n) is 12.2. The highest BCUT2D eigenvalue weighted by atomic mass is 16.5. The second-order valence-corrected chi connectivity index (χ2v) is 17.0. The summed E-state index contributed by atoms with van der Waals surface area (Å²) < 4.78 is 7.09. The van der Waals surface area contributed by atoms with Gasteiger partial charge in [0.05, 0.1) is 10.8 Å². The maximum atomic E-state index is 7.09. The zero-order chi connectivity index (χ0) is 38.5. The normalized spacial score (nSPS) is 19.9. The fourth-order valence-corrected chi connectivity index (χ4v) is 12.2. The summed E-state index contributed by atoms with van der Waals surface area (Å²) in [4.78, 5) is 0. The monoisotopic (exact) mass is 748 g/mol. The SMILES string of the molecule is C1=CC2=C3C(=CCC2C=C1)c1ccccc1C31c2ccccc2-c2cc(-c3ccc4c(c3)C3(c5ccccc5-c5ccccc53)c3ccc5ccccc5c3O4)ccc21. The number of hydrogen-bond acceptors (Lipinski definition) is 1. The molecule has 5 aliphatic carbocycles. The molecule has 1 nitrogen and oxygen atoms in total. The lowest BCUT2D eigenvalue weighted by Crippen LogP contribution is -2.32. The molecular weight excluding hydrogens is 713 g/mol. The van der Waals surface area contributed by atoms with Crippen molar-refractivity contribution in [3.8, 4) is 44.9 Å². The zero-order valence-corrected chi connectivity index (χ0v) is 32.2. The van der Waals surface area contributed by atoms with Crippen LogP contribution in [0.5, 0.6) is 11.5 Å². The molecule has 2 atom stereocenters. The Kier molecular flexibility index (Phi) is 6.06. The van der Waals surface area contributed by atoms with Gasteiger partial charge in [-0.05, 0) is 113 Å². The Bertz CT molecular complexity index is 3300. The predicted molar refractivity (Wildman–Crippen MR) is 240 cm³/mol. The third kappa shape index (κ3) is 3.78. The summed E-state index contributed by atoms with van der Waals surface area (Å²) in [5, 5.41) is 2.32. The molecule has 14 rings (SSSR count). The summed E-state index contributed by atoms with van der Waals surface area (Å²) in [6.07, 6.45) is 12.8. The molecule has 2 spiro atoms. The van der Waals surface area contributed by atoms with Crippen LogP contribution in [0, 0.1) is 5.92 Å². The van der Waals surface area contributed by atoms with Gasteiger partial charge in [0.25, 0.3) is 0 Å². The summed E-state index contributed by atoms with van der Waals surface area (Å²) >= 11 is 0. The lowest BCUT2D eigenvalue weighted by atomic mass is 9.65. The Hall–Kier alpha value is -7.22. The average Bonchev–Trinajstić information content (AvgIpc) is 3.89. The third-order valence-electron chi connectivity index (χ3n) is 14.5. The van der Waals surface area contributed by atoms with Crippen molar-refractivity contribution in [2.45, 2.75) is 17.3 Å². The molecule has 0 saturated heterocycles. The number of hydrogen-bond donors (Lipinski definition) is 0. The van der Waals surface area contributed by atoms with Crippen LogP contribution in [0.2, 0.25) is 0 Å². The second kappa shape index (κ2) is 11.2. The minimum absolute atomic E-state index is 0.381. The van der Waals surface area contributed by atoms with Gasteiger partial charge in [-0.1, -0.05) is 182 Å². The van der Waals surface area contributed by atoms with Crippen molar-refractivity contribution in [3.63, 3.8) is 0 Å². The number of benzene rings is 8. The summed E-state index contributed by atoms with van der Waals surface area (Å²) in [6.45, 7) is 0. The molecule has 274 valence electrons. The summed E-state index contributed by atoms with van der Waals surface area (Å²) in [5.74, 6) is 2.24. The lowest BCUT2D eigenvalue weighted by molar-refractivity contribution is 0.442. The summed E-state index contributed by atoms with van der Waals surface area (Å²) in [7, 11) is 0. The van der Waals surface area contributed by atoms with Crippen molar-refractivity contribution < 1.29 is 4.74 Å². The first kappa shape index (κ1) is 31.8. The molecule has 0 saturated carbocycles. The van der Waals surface area contributed by atoms with Crippen LogP contribution in [0.15, 0.2) is 211 Å². The van der Waals surface area contributed by atoms with Gasteiger partial charge >= 0.3 is 0 Å². The number of ether oxygens (including phenoxy) is 1. The van der Waals surface area contributed by atoms with Crippen molar-refractivity contribution in [2.75, 3.05) is 0 Å². The van der Waals surface area contributed by atoms with E-state index >= 15 is 0 Å². The number of rotatable bonds is 1.